The summed E-state index contributed by atoms with van der Waals surface area (Å²) in [6, 6.07) is 19.9. The molecule has 2 aromatic heterocycles. The third kappa shape index (κ3) is 2.84. The fourth-order valence-electron chi connectivity index (χ4n) is 3.70. The Morgan fingerprint density at radius 3 is 2.60 bits per heavy atom. The zero-order valence-electron chi connectivity index (χ0n) is 16.0. The first-order valence-electron chi connectivity index (χ1n) is 9.30. The molecular weight excluding hydrogens is 400 g/mol. The number of aromatic amines is 1. The highest BCUT2D eigenvalue weighted by atomic mass is 32.2. The zero-order valence-corrected chi connectivity index (χ0v) is 16.8. The number of para-hydroxylation sites is 1. The van der Waals surface area contributed by atoms with Crippen LogP contribution in [-0.4, -0.2) is 22.2 Å². The molecular formula is C22H17N4O3S+. The lowest BCUT2D eigenvalue weighted by atomic mass is 10.0. The van der Waals surface area contributed by atoms with E-state index in [1.807, 2.05) is 48.7 Å². The SMILES string of the molecule is CSc1n[n+]2c(c(=O)[nH]1)-c1ccccc1N(C(=O)c1ccccc1)[C@@H]2c1ccco1. The summed E-state index contributed by atoms with van der Waals surface area (Å²) in [7, 11) is 0. The minimum absolute atomic E-state index is 0.213. The largest absolute Gasteiger partial charge is 0.460 e. The number of carbonyl (C=O) groups excluding carboxylic acids is 1. The van der Waals surface area contributed by atoms with Crippen LogP contribution in [0.3, 0.4) is 0 Å². The van der Waals surface area contributed by atoms with Crippen molar-refractivity contribution in [2.24, 2.45) is 0 Å². The summed E-state index contributed by atoms with van der Waals surface area (Å²) in [5, 5.41) is 5.08. The van der Waals surface area contributed by atoms with E-state index in [1.54, 1.807) is 40.1 Å². The lowest BCUT2D eigenvalue weighted by Crippen LogP contribution is -2.60. The van der Waals surface area contributed by atoms with Gasteiger partial charge in [0.05, 0.1) is 17.5 Å². The van der Waals surface area contributed by atoms with Crippen LogP contribution in [0, 0.1) is 0 Å². The third-order valence-electron chi connectivity index (χ3n) is 4.99. The Morgan fingerprint density at radius 2 is 1.87 bits per heavy atom. The average Bonchev–Trinajstić information content (AvgIpc) is 3.32. The van der Waals surface area contributed by atoms with Gasteiger partial charge in [0.15, 0.2) is 5.76 Å². The molecule has 0 radical (unpaired) electrons. The van der Waals surface area contributed by atoms with E-state index in [-0.39, 0.29) is 11.5 Å². The van der Waals surface area contributed by atoms with Gasteiger partial charge in [0.2, 0.25) is 5.16 Å². The van der Waals surface area contributed by atoms with Crippen LogP contribution in [0.25, 0.3) is 11.3 Å². The molecule has 0 saturated heterocycles. The van der Waals surface area contributed by atoms with Crippen molar-refractivity contribution in [1.29, 1.82) is 0 Å². The van der Waals surface area contributed by atoms with Crippen molar-refractivity contribution in [3.8, 4) is 11.3 Å². The van der Waals surface area contributed by atoms with Gasteiger partial charge in [0.25, 0.3) is 5.91 Å². The number of nitrogens with one attached hydrogen (secondary N) is 1. The molecule has 0 fully saturated rings. The van der Waals surface area contributed by atoms with Crippen LogP contribution in [0.4, 0.5) is 5.69 Å². The molecule has 1 amide bonds. The number of carbonyl (C=O) groups is 1. The van der Waals surface area contributed by atoms with E-state index >= 15 is 0 Å². The second-order valence-corrected chi connectivity index (χ2v) is 7.50. The van der Waals surface area contributed by atoms with Crippen LogP contribution in [0.5, 0.6) is 0 Å². The van der Waals surface area contributed by atoms with Gasteiger partial charge >= 0.3 is 17.4 Å². The Morgan fingerprint density at radius 1 is 1.10 bits per heavy atom. The Balaban J connectivity index is 1.83. The molecule has 2 aromatic carbocycles. The fourth-order valence-corrected chi connectivity index (χ4v) is 4.06. The van der Waals surface area contributed by atoms with Crippen molar-refractivity contribution in [2.45, 2.75) is 11.3 Å². The molecule has 5 rings (SSSR count). The van der Waals surface area contributed by atoms with Crippen LogP contribution in [0.1, 0.15) is 22.3 Å². The van der Waals surface area contributed by atoms with Gasteiger partial charge in [-0.15, -0.1) is 0 Å². The van der Waals surface area contributed by atoms with Crippen molar-refractivity contribution in [3.05, 3.63) is 94.7 Å². The van der Waals surface area contributed by atoms with Gasteiger partial charge in [-0.3, -0.25) is 14.6 Å². The van der Waals surface area contributed by atoms with E-state index < -0.39 is 6.17 Å². The van der Waals surface area contributed by atoms with E-state index in [0.29, 0.717) is 33.4 Å². The molecule has 7 nitrogen and oxygen atoms in total. The number of amides is 1. The molecule has 0 unspecified atom stereocenters. The number of thioether (sulfide) groups is 1. The molecule has 0 bridgehead atoms. The molecule has 1 N–H and O–H groups in total. The molecule has 4 aromatic rings. The lowest BCUT2D eigenvalue weighted by Gasteiger charge is -2.30. The van der Waals surface area contributed by atoms with Crippen LogP contribution >= 0.6 is 11.8 Å². The molecule has 1 atom stereocenters. The number of anilines is 1. The van der Waals surface area contributed by atoms with Crippen molar-refractivity contribution in [3.63, 3.8) is 0 Å². The number of hydrogen-bond donors (Lipinski definition) is 1. The maximum atomic E-state index is 13.7. The Bertz CT molecular complexity index is 1290. The Labute approximate surface area is 176 Å². The summed E-state index contributed by atoms with van der Waals surface area (Å²) in [4.78, 5) is 31.1. The van der Waals surface area contributed by atoms with E-state index in [2.05, 4.69) is 10.1 Å². The number of fused-ring (bicyclic) bond motifs is 3. The Kier molecular flexibility index (Phi) is 4.48. The van der Waals surface area contributed by atoms with E-state index in [9.17, 15) is 9.59 Å². The molecule has 0 spiro atoms. The second kappa shape index (κ2) is 7.31. The smallest absolute Gasteiger partial charge is 0.325 e. The summed E-state index contributed by atoms with van der Waals surface area (Å²) in [5.41, 5.74) is 1.89. The number of aromatic nitrogens is 3. The normalized spacial score (nSPS) is 14.8. The second-order valence-electron chi connectivity index (χ2n) is 6.70. The molecule has 0 aliphatic carbocycles. The first kappa shape index (κ1) is 18.4. The summed E-state index contributed by atoms with van der Waals surface area (Å²) in [6.07, 6.45) is 2.63. The quantitative estimate of drug-likeness (QED) is 0.409. The van der Waals surface area contributed by atoms with Gasteiger partial charge in [0.1, 0.15) is 0 Å². The van der Waals surface area contributed by atoms with E-state index in [4.69, 9.17) is 4.42 Å². The highest BCUT2D eigenvalue weighted by molar-refractivity contribution is 7.98. The topological polar surface area (TPSA) is 83.1 Å². The molecule has 148 valence electrons. The van der Waals surface area contributed by atoms with Crippen molar-refractivity contribution in [2.75, 3.05) is 11.2 Å². The monoisotopic (exact) mass is 417 g/mol. The number of H-pyrrole nitrogens is 1. The maximum Gasteiger partial charge on any atom is 0.325 e. The summed E-state index contributed by atoms with van der Waals surface area (Å²) >= 11 is 1.32. The van der Waals surface area contributed by atoms with Gasteiger partial charge in [-0.05, 0) is 47.3 Å². The summed E-state index contributed by atoms with van der Waals surface area (Å²) in [5.74, 6) is 0.292. The van der Waals surface area contributed by atoms with Gasteiger partial charge in [-0.2, -0.15) is 0 Å². The number of rotatable bonds is 3. The average molecular weight is 417 g/mol. The number of furan rings is 1. The minimum Gasteiger partial charge on any atom is -0.460 e. The molecule has 30 heavy (non-hydrogen) atoms. The maximum absolute atomic E-state index is 13.7. The van der Waals surface area contributed by atoms with Crippen LogP contribution in [0.15, 0.2) is 87.4 Å². The number of benzene rings is 2. The predicted octanol–water partition coefficient (Wildman–Crippen LogP) is 3.25. The van der Waals surface area contributed by atoms with Crippen LogP contribution in [0.2, 0.25) is 0 Å². The van der Waals surface area contributed by atoms with Gasteiger partial charge in [-0.25, -0.2) is 4.90 Å². The summed E-state index contributed by atoms with van der Waals surface area (Å²) < 4.78 is 7.28. The van der Waals surface area contributed by atoms with E-state index in [0.717, 1.165) is 0 Å². The highest BCUT2D eigenvalue weighted by Gasteiger charge is 2.47. The van der Waals surface area contributed by atoms with Crippen molar-refractivity contribution in [1.82, 2.24) is 10.1 Å². The number of nitrogens with zero attached hydrogens (tertiary/aromatic N) is 3. The van der Waals surface area contributed by atoms with Gasteiger partial charge in [-0.1, -0.05) is 42.1 Å². The molecule has 8 heteroatoms. The van der Waals surface area contributed by atoms with Crippen molar-refractivity contribution < 1.29 is 13.9 Å². The summed E-state index contributed by atoms with van der Waals surface area (Å²) in [6.45, 7) is 0. The molecule has 1 aliphatic rings. The molecule has 3 heterocycles. The van der Waals surface area contributed by atoms with Gasteiger partial charge < -0.3 is 4.42 Å². The molecule has 0 saturated carbocycles. The molecule has 1 aliphatic heterocycles. The number of hydrogen-bond acceptors (Lipinski definition) is 5. The van der Waals surface area contributed by atoms with Crippen LogP contribution in [-0.2, 0) is 0 Å². The Hall–Kier alpha value is -3.65. The zero-order chi connectivity index (χ0) is 20.7. The standard InChI is InChI=1S/C22H16N4O3S/c1-30-22-23-19(27)18-15-10-5-6-11-16(15)25(21(28)14-8-3-2-4-9-14)20(26(18)24-22)17-12-7-13-29-17/h2-13,20H,1H3/p+1/t20-/m0/s1. The van der Waals surface area contributed by atoms with Crippen molar-refractivity contribution >= 4 is 23.4 Å². The van der Waals surface area contributed by atoms with E-state index in [1.165, 1.54) is 11.8 Å². The first-order valence-corrected chi connectivity index (χ1v) is 10.5. The van der Waals surface area contributed by atoms with Gasteiger partial charge in [0, 0.05) is 10.7 Å². The first-order chi connectivity index (χ1) is 14.7. The fraction of sp³-hybridized carbons (Fsp3) is 0.0909. The van der Waals surface area contributed by atoms with Crippen LogP contribution < -0.4 is 15.1 Å². The lowest BCUT2D eigenvalue weighted by molar-refractivity contribution is -0.764. The highest BCUT2D eigenvalue weighted by Crippen LogP contribution is 2.38. The third-order valence-corrected chi connectivity index (χ3v) is 5.56. The minimum atomic E-state index is -0.745. The predicted molar refractivity (Wildman–Crippen MR) is 112 cm³/mol.